The number of hydrogen-bond acceptors (Lipinski definition) is 6. The van der Waals surface area contributed by atoms with E-state index in [1.807, 2.05) is 30.3 Å². The van der Waals surface area contributed by atoms with Crippen LogP contribution in [-0.4, -0.2) is 45.4 Å². The number of ether oxygens (including phenoxy) is 1. The Kier molecular flexibility index (Phi) is 5.96. The first-order valence-corrected chi connectivity index (χ1v) is 9.76. The van der Waals surface area contributed by atoms with Crippen LogP contribution in [0.15, 0.2) is 36.5 Å². The van der Waals surface area contributed by atoms with Gasteiger partial charge in [-0.1, -0.05) is 18.2 Å². The number of carbonyl (C=O) groups excluding carboxylic acids is 2. The summed E-state index contributed by atoms with van der Waals surface area (Å²) in [5.74, 6) is -0.693. The average molecular weight is 410 g/mol. The maximum atomic E-state index is 12.5. The van der Waals surface area contributed by atoms with Crippen LogP contribution < -0.4 is 11.1 Å². The SMILES string of the molecule is CC(C)(C)OC(=O)N1CC[C@H](C#N)C(n2cc(C(N)=O)c(Nc3ccccc3)n2)C1. The molecule has 0 aliphatic carbocycles. The fourth-order valence-electron chi connectivity index (χ4n) is 3.33. The first-order valence-electron chi connectivity index (χ1n) is 9.76. The fourth-order valence-corrected chi connectivity index (χ4v) is 3.33. The number of likely N-dealkylation sites (tertiary alicyclic amines) is 1. The van der Waals surface area contributed by atoms with Crippen molar-refractivity contribution in [3.63, 3.8) is 0 Å². The van der Waals surface area contributed by atoms with E-state index in [0.717, 1.165) is 5.69 Å². The highest BCUT2D eigenvalue weighted by atomic mass is 16.6. The molecule has 1 aromatic heterocycles. The van der Waals surface area contributed by atoms with E-state index in [-0.39, 0.29) is 18.0 Å². The van der Waals surface area contributed by atoms with Gasteiger partial charge in [-0.3, -0.25) is 9.48 Å². The number of carbonyl (C=O) groups is 2. The van der Waals surface area contributed by atoms with E-state index >= 15 is 0 Å². The Labute approximate surface area is 175 Å². The van der Waals surface area contributed by atoms with E-state index < -0.39 is 23.6 Å². The number of anilines is 2. The molecule has 1 unspecified atom stereocenters. The number of primary amides is 1. The van der Waals surface area contributed by atoms with Crippen LogP contribution in [0, 0.1) is 17.2 Å². The van der Waals surface area contributed by atoms with Gasteiger partial charge in [-0.05, 0) is 39.3 Å². The number of piperidine rings is 1. The Bertz CT molecular complexity index is 957. The van der Waals surface area contributed by atoms with Gasteiger partial charge in [-0.2, -0.15) is 10.4 Å². The van der Waals surface area contributed by atoms with Crippen molar-refractivity contribution in [2.75, 3.05) is 18.4 Å². The van der Waals surface area contributed by atoms with Crippen molar-refractivity contribution >= 4 is 23.5 Å². The Morgan fingerprint density at radius 1 is 1.30 bits per heavy atom. The molecule has 1 aliphatic rings. The minimum atomic E-state index is -0.631. The van der Waals surface area contributed by atoms with Gasteiger partial charge in [0.2, 0.25) is 0 Å². The van der Waals surface area contributed by atoms with E-state index in [1.54, 1.807) is 30.4 Å². The molecule has 1 aromatic carbocycles. The molecule has 30 heavy (non-hydrogen) atoms. The summed E-state index contributed by atoms with van der Waals surface area (Å²) in [6.07, 6.45) is 1.57. The summed E-state index contributed by atoms with van der Waals surface area (Å²) in [6.45, 7) is 6.08. The van der Waals surface area contributed by atoms with Crippen molar-refractivity contribution in [2.45, 2.75) is 38.8 Å². The molecule has 0 bridgehead atoms. The molecule has 9 heteroatoms. The zero-order valence-electron chi connectivity index (χ0n) is 17.3. The summed E-state index contributed by atoms with van der Waals surface area (Å²) < 4.78 is 7.02. The largest absolute Gasteiger partial charge is 0.444 e. The summed E-state index contributed by atoms with van der Waals surface area (Å²) in [5.41, 5.74) is 5.89. The normalized spacial score (nSPS) is 19.1. The molecule has 2 atom stereocenters. The Hall–Kier alpha value is -3.54. The number of amides is 2. The topological polar surface area (TPSA) is 126 Å². The number of rotatable bonds is 4. The molecule has 3 N–H and O–H groups in total. The van der Waals surface area contributed by atoms with Crippen LogP contribution in [0.4, 0.5) is 16.3 Å². The molecule has 2 aromatic rings. The maximum Gasteiger partial charge on any atom is 0.410 e. The lowest BCUT2D eigenvalue weighted by molar-refractivity contribution is 0.0135. The molecule has 1 saturated heterocycles. The Morgan fingerprint density at radius 2 is 2.00 bits per heavy atom. The maximum absolute atomic E-state index is 12.5. The molecule has 9 nitrogen and oxygen atoms in total. The summed E-state index contributed by atoms with van der Waals surface area (Å²) >= 11 is 0. The third-order valence-electron chi connectivity index (χ3n) is 4.77. The number of hydrogen-bond donors (Lipinski definition) is 2. The molecule has 0 radical (unpaired) electrons. The minimum Gasteiger partial charge on any atom is -0.444 e. The third kappa shape index (κ3) is 4.89. The summed E-state index contributed by atoms with van der Waals surface area (Å²) in [5, 5.41) is 17.2. The van der Waals surface area contributed by atoms with Crippen LogP contribution in [0.1, 0.15) is 43.6 Å². The molecular weight excluding hydrogens is 384 g/mol. The number of nitrogens with one attached hydrogen (secondary N) is 1. The molecule has 0 spiro atoms. The summed E-state index contributed by atoms with van der Waals surface area (Å²) in [4.78, 5) is 26.0. The molecule has 3 rings (SSSR count). The number of benzene rings is 1. The first kappa shape index (κ1) is 21.2. The summed E-state index contributed by atoms with van der Waals surface area (Å²) in [7, 11) is 0. The van der Waals surface area contributed by atoms with Gasteiger partial charge < -0.3 is 20.7 Å². The van der Waals surface area contributed by atoms with Gasteiger partial charge in [-0.25, -0.2) is 4.79 Å². The van der Waals surface area contributed by atoms with E-state index in [4.69, 9.17) is 10.5 Å². The number of aromatic nitrogens is 2. The van der Waals surface area contributed by atoms with Crippen molar-refractivity contribution in [1.29, 1.82) is 5.26 Å². The number of nitriles is 1. The lowest BCUT2D eigenvalue weighted by Crippen LogP contribution is -2.46. The quantitative estimate of drug-likeness (QED) is 0.798. The van der Waals surface area contributed by atoms with Gasteiger partial charge in [-0.15, -0.1) is 0 Å². The van der Waals surface area contributed by atoms with Crippen LogP contribution in [0.5, 0.6) is 0 Å². The van der Waals surface area contributed by atoms with Crippen LogP contribution in [0.3, 0.4) is 0 Å². The van der Waals surface area contributed by atoms with Crippen molar-refractivity contribution in [3.05, 3.63) is 42.1 Å². The highest BCUT2D eigenvalue weighted by molar-refractivity contribution is 5.98. The van der Waals surface area contributed by atoms with Gasteiger partial charge in [0.05, 0.1) is 18.0 Å². The second-order valence-electron chi connectivity index (χ2n) is 8.24. The van der Waals surface area contributed by atoms with Crippen molar-refractivity contribution < 1.29 is 14.3 Å². The predicted molar refractivity (Wildman–Crippen MR) is 111 cm³/mol. The Morgan fingerprint density at radius 3 is 2.60 bits per heavy atom. The average Bonchev–Trinajstić information content (AvgIpc) is 3.11. The van der Waals surface area contributed by atoms with Crippen molar-refractivity contribution in [1.82, 2.24) is 14.7 Å². The number of nitrogens with zero attached hydrogens (tertiary/aromatic N) is 4. The zero-order valence-corrected chi connectivity index (χ0v) is 17.3. The van der Waals surface area contributed by atoms with E-state index in [2.05, 4.69) is 16.5 Å². The van der Waals surface area contributed by atoms with E-state index in [1.165, 1.54) is 6.20 Å². The zero-order chi connectivity index (χ0) is 21.9. The van der Waals surface area contributed by atoms with Crippen molar-refractivity contribution in [3.8, 4) is 6.07 Å². The molecule has 1 aliphatic heterocycles. The van der Waals surface area contributed by atoms with Crippen molar-refractivity contribution in [2.24, 2.45) is 11.7 Å². The summed E-state index contributed by atoms with van der Waals surface area (Å²) in [6, 6.07) is 11.1. The lowest BCUT2D eigenvalue weighted by Gasteiger charge is -2.36. The highest BCUT2D eigenvalue weighted by Crippen LogP contribution is 2.30. The predicted octanol–water partition coefficient (Wildman–Crippen LogP) is 3.05. The van der Waals surface area contributed by atoms with Gasteiger partial charge >= 0.3 is 6.09 Å². The molecule has 0 saturated carbocycles. The van der Waals surface area contributed by atoms with E-state index in [0.29, 0.717) is 18.8 Å². The standard InChI is InChI=1S/C21H26N6O3/c1-21(2,3)30-20(29)26-10-9-14(11-22)17(13-26)27-12-16(18(23)28)19(25-27)24-15-7-5-4-6-8-15/h4-8,12,14,17H,9-10,13H2,1-3H3,(H2,23,28)(H,24,25)/t14-,17?/m1/s1. The van der Waals surface area contributed by atoms with Crippen LogP contribution >= 0.6 is 0 Å². The third-order valence-corrected chi connectivity index (χ3v) is 4.77. The second kappa shape index (κ2) is 8.45. The monoisotopic (exact) mass is 410 g/mol. The van der Waals surface area contributed by atoms with E-state index in [9.17, 15) is 14.9 Å². The van der Waals surface area contributed by atoms with Gasteiger partial charge in [0.1, 0.15) is 11.2 Å². The van der Waals surface area contributed by atoms with Gasteiger partial charge in [0.25, 0.3) is 5.91 Å². The smallest absolute Gasteiger partial charge is 0.410 e. The lowest BCUT2D eigenvalue weighted by atomic mass is 9.93. The molecule has 2 amide bonds. The number of para-hydroxylation sites is 1. The molecule has 1 fully saturated rings. The van der Waals surface area contributed by atoms with Crippen LogP contribution in [-0.2, 0) is 4.74 Å². The van der Waals surface area contributed by atoms with Gasteiger partial charge in [0, 0.05) is 25.0 Å². The first-order chi connectivity index (χ1) is 14.2. The second-order valence-corrected chi connectivity index (χ2v) is 8.24. The van der Waals surface area contributed by atoms with Crippen LogP contribution in [0.2, 0.25) is 0 Å². The molecular formula is C21H26N6O3. The fraction of sp³-hybridized carbons (Fsp3) is 0.429. The number of nitrogens with two attached hydrogens (primary N) is 1. The Balaban J connectivity index is 1.88. The van der Waals surface area contributed by atoms with Gasteiger partial charge in [0.15, 0.2) is 5.82 Å². The molecule has 158 valence electrons. The van der Waals surface area contributed by atoms with Crippen LogP contribution in [0.25, 0.3) is 0 Å². The molecule has 2 heterocycles. The minimum absolute atomic E-state index is 0.213. The highest BCUT2D eigenvalue weighted by Gasteiger charge is 2.36.